The summed E-state index contributed by atoms with van der Waals surface area (Å²) in [5.74, 6) is 0. The van der Waals surface area contributed by atoms with Gasteiger partial charge in [0.05, 0.1) is 22.5 Å². The number of benzene rings is 1. The van der Waals surface area contributed by atoms with E-state index < -0.39 is 23.5 Å². The number of hydrogen-bond donors (Lipinski definition) is 0. The molecule has 0 atom stereocenters. The minimum atomic E-state index is -4.91. The van der Waals surface area contributed by atoms with Crippen LogP contribution in [0, 0.1) is 0 Å². The van der Waals surface area contributed by atoms with Crippen LogP contribution in [0.4, 0.5) is 26.3 Å². The van der Waals surface area contributed by atoms with Gasteiger partial charge in [-0.15, -0.1) is 0 Å². The standard InChI is InChI=1S/C16H9F6N3/c17-15(18,19)10-7-11(16(20,21)22)9-12(8-10)25-6-4-14(24-25)13-3-1-2-5-23-13/h1-9H. The van der Waals surface area contributed by atoms with Gasteiger partial charge in [-0.25, -0.2) is 4.68 Å². The molecule has 0 saturated carbocycles. The molecule has 9 heteroatoms. The van der Waals surface area contributed by atoms with Crippen LogP contribution in [0.25, 0.3) is 17.1 Å². The van der Waals surface area contributed by atoms with Crippen LogP contribution in [0.1, 0.15) is 11.1 Å². The van der Waals surface area contributed by atoms with Crippen LogP contribution in [-0.4, -0.2) is 14.8 Å². The molecule has 1 aromatic carbocycles. The van der Waals surface area contributed by atoms with Crippen LogP contribution in [0.5, 0.6) is 0 Å². The molecule has 0 bridgehead atoms. The molecule has 130 valence electrons. The Bertz CT molecular complexity index is 849. The number of hydrogen-bond acceptors (Lipinski definition) is 2. The van der Waals surface area contributed by atoms with E-state index in [0.717, 1.165) is 4.68 Å². The lowest BCUT2D eigenvalue weighted by Gasteiger charge is -2.14. The lowest BCUT2D eigenvalue weighted by atomic mass is 10.1. The second-order valence-corrected chi connectivity index (χ2v) is 5.12. The topological polar surface area (TPSA) is 30.7 Å². The highest BCUT2D eigenvalue weighted by molar-refractivity contribution is 5.54. The molecule has 0 radical (unpaired) electrons. The van der Waals surface area contributed by atoms with Crippen LogP contribution in [0.2, 0.25) is 0 Å². The Morgan fingerprint density at radius 2 is 1.40 bits per heavy atom. The number of aromatic nitrogens is 3. The highest BCUT2D eigenvalue weighted by Crippen LogP contribution is 2.37. The molecule has 0 aliphatic carbocycles. The Labute approximate surface area is 137 Å². The van der Waals surface area contributed by atoms with E-state index >= 15 is 0 Å². The predicted molar refractivity (Wildman–Crippen MR) is 76.8 cm³/mol. The molecule has 0 fully saturated rings. The average molecular weight is 357 g/mol. The first-order valence-electron chi connectivity index (χ1n) is 6.91. The van der Waals surface area contributed by atoms with Gasteiger partial charge in [0.2, 0.25) is 0 Å². The lowest BCUT2D eigenvalue weighted by Crippen LogP contribution is -2.12. The third-order valence-electron chi connectivity index (χ3n) is 3.35. The van der Waals surface area contributed by atoms with Crippen LogP contribution >= 0.6 is 0 Å². The fraction of sp³-hybridized carbons (Fsp3) is 0.125. The number of halogens is 6. The Balaban J connectivity index is 2.09. The summed E-state index contributed by atoms with van der Waals surface area (Å²) in [4.78, 5) is 4.03. The molecule has 2 heterocycles. The molecule has 0 spiro atoms. The molecule has 0 aliphatic heterocycles. The van der Waals surface area contributed by atoms with Gasteiger partial charge in [0.1, 0.15) is 5.69 Å². The molecule has 3 aromatic rings. The van der Waals surface area contributed by atoms with Gasteiger partial charge < -0.3 is 0 Å². The first-order valence-corrected chi connectivity index (χ1v) is 6.91. The van der Waals surface area contributed by atoms with Crippen molar-refractivity contribution >= 4 is 0 Å². The van der Waals surface area contributed by atoms with E-state index in [1.807, 2.05) is 0 Å². The molecular weight excluding hydrogens is 348 g/mol. The van der Waals surface area contributed by atoms with Crippen LogP contribution in [-0.2, 0) is 12.4 Å². The van der Waals surface area contributed by atoms with Crippen molar-refractivity contribution in [2.24, 2.45) is 0 Å². The minimum Gasteiger partial charge on any atom is -0.255 e. The fourth-order valence-electron chi connectivity index (χ4n) is 2.19. The number of rotatable bonds is 2. The Morgan fingerprint density at radius 3 is 1.92 bits per heavy atom. The van der Waals surface area contributed by atoms with Crippen molar-refractivity contribution in [2.75, 3.05) is 0 Å². The average Bonchev–Trinajstić information content (AvgIpc) is 3.04. The number of pyridine rings is 1. The van der Waals surface area contributed by atoms with Crippen LogP contribution in [0.15, 0.2) is 54.9 Å². The van der Waals surface area contributed by atoms with Gasteiger partial charge in [0.15, 0.2) is 0 Å². The van der Waals surface area contributed by atoms with Crippen molar-refractivity contribution in [3.8, 4) is 17.1 Å². The van der Waals surface area contributed by atoms with Crippen molar-refractivity contribution in [1.29, 1.82) is 0 Å². The fourth-order valence-corrected chi connectivity index (χ4v) is 2.19. The maximum absolute atomic E-state index is 12.9. The van der Waals surface area contributed by atoms with Gasteiger partial charge in [0, 0.05) is 12.4 Å². The molecule has 0 unspecified atom stereocenters. The molecule has 0 N–H and O–H groups in total. The minimum absolute atomic E-state index is 0.0761. The van der Waals surface area contributed by atoms with Gasteiger partial charge in [0.25, 0.3) is 0 Å². The Kier molecular flexibility index (Phi) is 4.02. The Hall–Kier alpha value is -2.84. The zero-order valence-electron chi connectivity index (χ0n) is 12.3. The van der Waals surface area contributed by atoms with E-state index in [4.69, 9.17) is 0 Å². The van der Waals surface area contributed by atoms with Crippen molar-refractivity contribution in [3.63, 3.8) is 0 Å². The SMILES string of the molecule is FC(F)(F)c1cc(-n2ccc(-c3ccccn3)n2)cc(C(F)(F)F)c1. The molecule has 3 nitrogen and oxygen atoms in total. The lowest BCUT2D eigenvalue weighted by molar-refractivity contribution is -0.143. The summed E-state index contributed by atoms with van der Waals surface area (Å²) < 4.78 is 78.4. The largest absolute Gasteiger partial charge is 0.416 e. The van der Waals surface area contributed by atoms with E-state index in [2.05, 4.69) is 10.1 Å². The van der Waals surface area contributed by atoms with E-state index in [9.17, 15) is 26.3 Å². The van der Waals surface area contributed by atoms with Gasteiger partial charge in [-0.1, -0.05) is 6.07 Å². The van der Waals surface area contributed by atoms with Crippen molar-refractivity contribution < 1.29 is 26.3 Å². The van der Waals surface area contributed by atoms with E-state index in [1.54, 1.807) is 18.2 Å². The first-order chi connectivity index (χ1) is 11.6. The number of nitrogens with zero attached hydrogens (tertiary/aromatic N) is 3. The van der Waals surface area contributed by atoms with E-state index in [1.165, 1.54) is 18.5 Å². The zero-order chi connectivity index (χ0) is 18.2. The van der Waals surface area contributed by atoms with E-state index in [-0.39, 0.29) is 11.8 Å². The molecule has 3 rings (SSSR count). The van der Waals surface area contributed by atoms with E-state index in [0.29, 0.717) is 23.5 Å². The molecule has 0 aliphatic rings. The highest BCUT2D eigenvalue weighted by atomic mass is 19.4. The maximum atomic E-state index is 12.9. The molecule has 2 aromatic heterocycles. The smallest absolute Gasteiger partial charge is 0.255 e. The van der Waals surface area contributed by atoms with Crippen molar-refractivity contribution in [2.45, 2.75) is 12.4 Å². The van der Waals surface area contributed by atoms with Crippen molar-refractivity contribution in [1.82, 2.24) is 14.8 Å². The summed E-state index contributed by atoms with van der Waals surface area (Å²) in [5, 5.41) is 4.02. The van der Waals surface area contributed by atoms with Gasteiger partial charge in [-0.2, -0.15) is 31.4 Å². The first kappa shape index (κ1) is 17.0. The summed E-state index contributed by atoms with van der Waals surface area (Å²) in [6.45, 7) is 0. The molecular formula is C16H9F6N3. The van der Waals surface area contributed by atoms with Crippen molar-refractivity contribution in [3.05, 3.63) is 66.0 Å². The number of alkyl halides is 6. The molecule has 25 heavy (non-hydrogen) atoms. The van der Waals surface area contributed by atoms with Crippen LogP contribution in [0.3, 0.4) is 0 Å². The third kappa shape index (κ3) is 3.65. The Morgan fingerprint density at radius 1 is 0.760 bits per heavy atom. The second-order valence-electron chi connectivity index (χ2n) is 5.12. The molecule has 0 saturated heterocycles. The summed E-state index contributed by atoms with van der Waals surface area (Å²) >= 11 is 0. The summed E-state index contributed by atoms with van der Waals surface area (Å²) in [5.41, 5.74) is -2.36. The van der Waals surface area contributed by atoms with Crippen LogP contribution < -0.4 is 0 Å². The predicted octanol–water partition coefficient (Wildman–Crippen LogP) is 4.97. The normalized spacial score (nSPS) is 12.4. The summed E-state index contributed by atoms with van der Waals surface area (Å²) in [6.07, 6.45) is -7.04. The van der Waals surface area contributed by atoms with Gasteiger partial charge in [-0.3, -0.25) is 4.98 Å². The quantitative estimate of drug-likeness (QED) is 0.606. The monoisotopic (exact) mass is 357 g/mol. The summed E-state index contributed by atoms with van der Waals surface area (Å²) in [7, 11) is 0. The second kappa shape index (κ2) is 5.91. The maximum Gasteiger partial charge on any atom is 0.416 e. The highest BCUT2D eigenvalue weighted by Gasteiger charge is 2.37. The third-order valence-corrected chi connectivity index (χ3v) is 3.35. The summed E-state index contributed by atoms with van der Waals surface area (Å²) in [6, 6.07) is 7.74. The van der Waals surface area contributed by atoms with Gasteiger partial charge in [-0.05, 0) is 36.4 Å². The molecule has 0 amide bonds. The van der Waals surface area contributed by atoms with Gasteiger partial charge >= 0.3 is 12.4 Å². The zero-order valence-corrected chi connectivity index (χ0v) is 12.3.